The summed E-state index contributed by atoms with van der Waals surface area (Å²) in [5.74, 6) is 0.424. The molecule has 1 rings (SSSR count). The number of carbonyl (C=O) groups excluding carboxylic acids is 1. The van der Waals surface area contributed by atoms with E-state index in [1.54, 1.807) is 12.1 Å². The van der Waals surface area contributed by atoms with Crippen LogP contribution in [0.5, 0.6) is 0 Å². The Morgan fingerprint density at radius 1 is 1.20 bits per heavy atom. The zero-order valence-electron chi connectivity index (χ0n) is 12.7. The van der Waals surface area contributed by atoms with Crippen LogP contribution in [-0.4, -0.2) is 13.1 Å². The molecular formula is C16H27NO3. The van der Waals surface area contributed by atoms with Gasteiger partial charge in [0.25, 0.3) is 0 Å². The van der Waals surface area contributed by atoms with Crippen LogP contribution in [0.1, 0.15) is 80.6 Å². The zero-order chi connectivity index (χ0) is 14.8. The summed E-state index contributed by atoms with van der Waals surface area (Å²) in [6, 6.07) is 3.24. The molecule has 1 aromatic heterocycles. The van der Waals surface area contributed by atoms with Crippen molar-refractivity contribution in [2.24, 2.45) is 5.73 Å². The number of hydrogen-bond acceptors (Lipinski definition) is 4. The van der Waals surface area contributed by atoms with E-state index in [0.717, 1.165) is 12.8 Å². The Morgan fingerprint density at radius 3 is 2.50 bits per heavy atom. The Bertz CT molecular complexity index is 387. The Morgan fingerprint density at radius 2 is 1.85 bits per heavy atom. The number of rotatable bonds is 10. The highest BCUT2D eigenvalue weighted by molar-refractivity contribution is 5.86. The fraction of sp³-hybridized carbons (Fsp3) is 0.688. The van der Waals surface area contributed by atoms with Crippen LogP contribution >= 0.6 is 0 Å². The van der Waals surface area contributed by atoms with Gasteiger partial charge in [0.1, 0.15) is 5.76 Å². The number of unbranched alkanes of at least 4 members (excludes halogenated alkanes) is 6. The van der Waals surface area contributed by atoms with Crippen LogP contribution < -0.4 is 5.73 Å². The molecule has 4 heteroatoms. The Kier molecular flexibility index (Phi) is 8.04. The third-order valence-electron chi connectivity index (χ3n) is 3.50. The molecule has 2 N–H and O–H groups in total. The summed E-state index contributed by atoms with van der Waals surface area (Å²) in [6.07, 6.45) is 9.75. The molecule has 0 radical (unpaired) electrons. The van der Waals surface area contributed by atoms with Gasteiger partial charge in [0, 0.05) is 0 Å². The average Bonchev–Trinajstić information content (AvgIpc) is 2.95. The molecule has 1 atom stereocenters. The van der Waals surface area contributed by atoms with Crippen LogP contribution in [0.2, 0.25) is 0 Å². The van der Waals surface area contributed by atoms with E-state index in [1.807, 2.05) is 0 Å². The van der Waals surface area contributed by atoms with Gasteiger partial charge in [0.2, 0.25) is 5.76 Å². The van der Waals surface area contributed by atoms with Crippen molar-refractivity contribution < 1.29 is 13.9 Å². The number of methoxy groups -OCH3 is 1. The fourth-order valence-corrected chi connectivity index (χ4v) is 2.23. The van der Waals surface area contributed by atoms with Crippen molar-refractivity contribution in [3.63, 3.8) is 0 Å². The molecule has 4 nitrogen and oxygen atoms in total. The SMILES string of the molecule is CCCCCCCCCC(N)c1ccc(C(=O)OC)o1. The molecule has 0 aliphatic rings. The molecule has 0 amide bonds. The van der Waals surface area contributed by atoms with Gasteiger partial charge in [0.15, 0.2) is 0 Å². The van der Waals surface area contributed by atoms with Gasteiger partial charge >= 0.3 is 5.97 Å². The lowest BCUT2D eigenvalue weighted by Crippen LogP contribution is -2.09. The minimum atomic E-state index is -0.459. The van der Waals surface area contributed by atoms with Gasteiger partial charge < -0.3 is 14.9 Å². The molecule has 1 unspecified atom stereocenters. The summed E-state index contributed by atoms with van der Waals surface area (Å²) in [4.78, 5) is 11.3. The molecule has 0 bridgehead atoms. The molecule has 1 aromatic rings. The number of carbonyl (C=O) groups is 1. The number of ether oxygens (including phenoxy) is 1. The van der Waals surface area contributed by atoms with E-state index in [-0.39, 0.29) is 11.8 Å². The van der Waals surface area contributed by atoms with E-state index < -0.39 is 5.97 Å². The quantitative estimate of drug-likeness (QED) is 0.515. The maximum Gasteiger partial charge on any atom is 0.373 e. The number of nitrogens with two attached hydrogens (primary N) is 1. The third-order valence-corrected chi connectivity index (χ3v) is 3.50. The van der Waals surface area contributed by atoms with Crippen LogP contribution in [0.4, 0.5) is 0 Å². The van der Waals surface area contributed by atoms with Gasteiger partial charge in [-0.05, 0) is 18.6 Å². The predicted molar refractivity (Wildman–Crippen MR) is 79.6 cm³/mol. The van der Waals surface area contributed by atoms with E-state index in [2.05, 4.69) is 11.7 Å². The molecule has 20 heavy (non-hydrogen) atoms. The van der Waals surface area contributed by atoms with Crippen molar-refractivity contribution in [1.29, 1.82) is 0 Å². The van der Waals surface area contributed by atoms with Crippen molar-refractivity contribution in [1.82, 2.24) is 0 Å². The van der Waals surface area contributed by atoms with Crippen LogP contribution in [0.15, 0.2) is 16.5 Å². The highest BCUT2D eigenvalue weighted by Gasteiger charge is 2.15. The topological polar surface area (TPSA) is 65.5 Å². The fourth-order valence-electron chi connectivity index (χ4n) is 2.23. The molecule has 114 valence electrons. The summed E-state index contributed by atoms with van der Waals surface area (Å²) in [7, 11) is 1.34. The normalized spacial score (nSPS) is 12.3. The third kappa shape index (κ3) is 5.78. The summed E-state index contributed by atoms with van der Waals surface area (Å²) in [6.45, 7) is 2.23. The highest BCUT2D eigenvalue weighted by Crippen LogP contribution is 2.21. The van der Waals surface area contributed by atoms with Crippen LogP contribution in [-0.2, 0) is 4.74 Å². The first-order chi connectivity index (χ1) is 9.69. The van der Waals surface area contributed by atoms with Crippen molar-refractivity contribution in [2.75, 3.05) is 7.11 Å². The van der Waals surface area contributed by atoms with Gasteiger partial charge in [0.05, 0.1) is 13.2 Å². The Hall–Kier alpha value is -1.29. The zero-order valence-corrected chi connectivity index (χ0v) is 12.7. The molecule has 0 aliphatic heterocycles. The maximum absolute atomic E-state index is 11.3. The van der Waals surface area contributed by atoms with E-state index in [9.17, 15) is 4.79 Å². The summed E-state index contributed by atoms with van der Waals surface area (Å²) in [5, 5.41) is 0. The second kappa shape index (κ2) is 9.59. The number of esters is 1. The lowest BCUT2D eigenvalue weighted by atomic mass is 10.0. The molecule has 0 aliphatic carbocycles. The number of hydrogen-bond donors (Lipinski definition) is 1. The van der Waals surface area contributed by atoms with E-state index in [4.69, 9.17) is 10.2 Å². The summed E-state index contributed by atoms with van der Waals surface area (Å²) >= 11 is 0. The van der Waals surface area contributed by atoms with E-state index >= 15 is 0 Å². The van der Waals surface area contributed by atoms with Crippen molar-refractivity contribution in [3.8, 4) is 0 Å². The minimum absolute atomic E-state index is 0.135. The first-order valence-corrected chi connectivity index (χ1v) is 7.62. The second-order valence-corrected chi connectivity index (χ2v) is 5.21. The standard InChI is InChI=1S/C16H27NO3/c1-3-4-5-6-7-8-9-10-13(17)14-11-12-15(20-14)16(18)19-2/h11-13H,3-10,17H2,1-2H3. The van der Waals surface area contributed by atoms with Gasteiger partial charge in [-0.2, -0.15) is 0 Å². The first-order valence-electron chi connectivity index (χ1n) is 7.62. The van der Waals surface area contributed by atoms with Crippen molar-refractivity contribution in [3.05, 3.63) is 23.7 Å². The first kappa shape index (κ1) is 16.8. The predicted octanol–water partition coefficient (Wildman–Crippen LogP) is 4.21. The van der Waals surface area contributed by atoms with Crippen molar-refractivity contribution >= 4 is 5.97 Å². The van der Waals surface area contributed by atoms with Gasteiger partial charge in [-0.25, -0.2) is 4.79 Å². The lowest BCUT2D eigenvalue weighted by Gasteiger charge is -2.08. The van der Waals surface area contributed by atoms with Gasteiger partial charge in [-0.15, -0.1) is 0 Å². The molecular weight excluding hydrogens is 254 g/mol. The average molecular weight is 281 g/mol. The monoisotopic (exact) mass is 281 g/mol. The summed E-state index contributed by atoms with van der Waals surface area (Å²) in [5.41, 5.74) is 6.07. The van der Waals surface area contributed by atoms with Gasteiger partial charge in [-0.3, -0.25) is 0 Å². The molecule has 0 fully saturated rings. The molecule has 0 saturated heterocycles. The molecule has 0 spiro atoms. The highest BCUT2D eigenvalue weighted by atomic mass is 16.5. The molecule has 0 saturated carbocycles. The molecule has 0 aromatic carbocycles. The van der Waals surface area contributed by atoms with Crippen LogP contribution in [0, 0.1) is 0 Å². The minimum Gasteiger partial charge on any atom is -0.463 e. The summed E-state index contributed by atoms with van der Waals surface area (Å²) < 4.78 is 10.0. The van der Waals surface area contributed by atoms with Crippen molar-refractivity contribution in [2.45, 2.75) is 64.3 Å². The molecule has 1 heterocycles. The Balaban J connectivity index is 2.20. The maximum atomic E-state index is 11.3. The lowest BCUT2D eigenvalue weighted by molar-refractivity contribution is 0.0562. The van der Waals surface area contributed by atoms with E-state index in [0.29, 0.717) is 5.76 Å². The van der Waals surface area contributed by atoms with Crippen LogP contribution in [0.25, 0.3) is 0 Å². The van der Waals surface area contributed by atoms with Gasteiger partial charge in [-0.1, -0.05) is 51.9 Å². The van der Waals surface area contributed by atoms with Crippen LogP contribution in [0.3, 0.4) is 0 Å². The largest absolute Gasteiger partial charge is 0.463 e. The van der Waals surface area contributed by atoms with E-state index in [1.165, 1.54) is 45.6 Å². The number of furan rings is 1. The second-order valence-electron chi connectivity index (χ2n) is 5.21. The Labute approximate surface area is 121 Å². The smallest absolute Gasteiger partial charge is 0.373 e.